The molecule has 2 aromatic rings. The SMILES string of the molecule is CCCc1nc(N)c(C)c(Oc2ccc(C)cc2OC)n1. The van der Waals surface area contributed by atoms with Gasteiger partial charge < -0.3 is 15.2 Å². The summed E-state index contributed by atoms with van der Waals surface area (Å²) in [4.78, 5) is 8.72. The molecule has 0 unspecified atom stereocenters. The highest BCUT2D eigenvalue weighted by molar-refractivity contribution is 5.49. The fourth-order valence-electron chi connectivity index (χ4n) is 1.96. The Morgan fingerprint density at radius 1 is 1.14 bits per heavy atom. The normalized spacial score (nSPS) is 10.5. The van der Waals surface area contributed by atoms with Gasteiger partial charge in [-0.15, -0.1) is 0 Å². The topological polar surface area (TPSA) is 70.3 Å². The molecule has 0 saturated carbocycles. The second kappa shape index (κ2) is 6.43. The van der Waals surface area contributed by atoms with E-state index in [4.69, 9.17) is 15.2 Å². The van der Waals surface area contributed by atoms with Gasteiger partial charge in [0.2, 0.25) is 5.88 Å². The van der Waals surface area contributed by atoms with E-state index >= 15 is 0 Å². The smallest absolute Gasteiger partial charge is 0.227 e. The molecule has 0 spiro atoms. The van der Waals surface area contributed by atoms with Crippen molar-refractivity contribution < 1.29 is 9.47 Å². The van der Waals surface area contributed by atoms with E-state index < -0.39 is 0 Å². The number of nitrogen functional groups attached to an aromatic ring is 1. The zero-order chi connectivity index (χ0) is 15.4. The van der Waals surface area contributed by atoms with Gasteiger partial charge in [0.05, 0.1) is 12.7 Å². The minimum absolute atomic E-state index is 0.453. The zero-order valence-corrected chi connectivity index (χ0v) is 12.9. The van der Waals surface area contributed by atoms with E-state index in [9.17, 15) is 0 Å². The number of methoxy groups -OCH3 is 1. The van der Waals surface area contributed by atoms with Crippen LogP contribution in [0.5, 0.6) is 17.4 Å². The Hall–Kier alpha value is -2.30. The van der Waals surface area contributed by atoms with Crippen molar-refractivity contribution in [2.75, 3.05) is 12.8 Å². The molecule has 1 aromatic heterocycles. The second-order valence-electron chi connectivity index (χ2n) is 4.96. The van der Waals surface area contributed by atoms with Crippen LogP contribution in [0.3, 0.4) is 0 Å². The highest BCUT2D eigenvalue weighted by atomic mass is 16.5. The van der Waals surface area contributed by atoms with Gasteiger partial charge >= 0.3 is 0 Å². The quantitative estimate of drug-likeness (QED) is 0.912. The van der Waals surface area contributed by atoms with Gasteiger partial charge in [0, 0.05) is 6.42 Å². The summed E-state index contributed by atoms with van der Waals surface area (Å²) in [6.07, 6.45) is 1.72. The van der Waals surface area contributed by atoms with Crippen LogP contribution in [-0.2, 0) is 6.42 Å². The lowest BCUT2D eigenvalue weighted by atomic mass is 10.2. The Morgan fingerprint density at radius 2 is 1.90 bits per heavy atom. The summed E-state index contributed by atoms with van der Waals surface area (Å²) in [7, 11) is 1.62. The Kier molecular flexibility index (Phi) is 4.62. The van der Waals surface area contributed by atoms with Crippen molar-refractivity contribution in [3.05, 3.63) is 35.2 Å². The van der Waals surface area contributed by atoms with Crippen LogP contribution in [0.25, 0.3) is 0 Å². The van der Waals surface area contributed by atoms with Crippen molar-refractivity contribution in [3.8, 4) is 17.4 Å². The first-order valence-corrected chi connectivity index (χ1v) is 7.00. The average molecular weight is 287 g/mol. The van der Waals surface area contributed by atoms with Gasteiger partial charge in [-0.3, -0.25) is 0 Å². The van der Waals surface area contributed by atoms with Crippen molar-refractivity contribution in [1.82, 2.24) is 9.97 Å². The molecule has 1 aromatic carbocycles. The molecular formula is C16H21N3O2. The number of nitrogens with two attached hydrogens (primary N) is 1. The molecule has 0 amide bonds. The Morgan fingerprint density at radius 3 is 2.57 bits per heavy atom. The number of nitrogens with zero attached hydrogens (tertiary/aromatic N) is 2. The summed E-state index contributed by atoms with van der Waals surface area (Å²) in [5.74, 6) is 2.92. The lowest BCUT2D eigenvalue weighted by Crippen LogP contribution is -2.05. The van der Waals surface area contributed by atoms with Gasteiger partial charge in [-0.1, -0.05) is 13.0 Å². The number of aryl methyl sites for hydroxylation is 2. The molecule has 2 N–H and O–H groups in total. The van der Waals surface area contributed by atoms with Crippen LogP contribution >= 0.6 is 0 Å². The van der Waals surface area contributed by atoms with Crippen molar-refractivity contribution in [2.45, 2.75) is 33.6 Å². The van der Waals surface area contributed by atoms with Crippen LogP contribution in [0, 0.1) is 13.8 Å². The van der Waals surface area contributed by atoms with Gasteiger partial charge in [-0.05, 0) is 38.0 Å². The second-order valence-corrected chi connectivity index (χ2v) is 4.96. The molecule has 0 atom stereocenters. The van der Waals surface area contributed by atoms with Crippen molar-refractivity contribution in [2.24, 2.45) is 0 Å². The first-order chi connectivity index (χ1) is 10.0. The molecule has 0 aliphatic carbocycles. The van der Waals surface area contributed by atoms with Crippen LogP contribution in [-0.4, -0.2) is 17.1 Å². The van der Waals surface area contributed by atoms with Crippen molar-refractivity contribution in [1.29, 1.82) is 0 Å². The molecule has 0 radical (unpaired) electrons. The molecule has 21 heavy (non-hydrogen) atoms. The third-order valence-electron chi connectivity index (χ3n) is 3.18. The average Bonchev–Trinajstić information content (AvgIpc) is 2.46. The summed E-state index contributed by atoms with van der Waals surface area (Å²) in [6.45, 7) is 5.92. The number of anilines is 1. The fraction of sp³-hybridized carbons (Fsp3) is 0.375. The molecule has 0 aliphatic rings. The third-order valence-corrected chi connectivity index (χ3v) is 3.18. The standard InChI is InChI=1S/C16H21N3O2/c1-5-6-14-18-15(17)11(3)16(19-14)21-12-8-7-10(2)9-13(12)20-4/h7-9H,5-6H2,1-4H3,(H2,17,18,19). The van der Waals surface area contributed by atoms with E-state index in [2.05, 4.69) is 16.9 Å². The molecule has 0 bridgehead atoms. The maximum Gasteiger partial charge on any atom is 0.227 e. The molecule has 5 nitrogen and oxygen atoms in total. The molecule has 0 aliphatic heterocycles. The lowest BCUT2D eigenvalue weighted by Gasteiger charge is -2.13. The number of hydrogen-bond donors (Lipinski definition) is 1. The monoisotopic (exact) mass is 287 g/mol. The van der Waals surface area contributed by atoms with Gasteiger partial charge in [0.1, 0.15) is 11.6 Å². The lowest BCUT2D eigenvalue weighted by molar-refractivity contribution is 0.372. The zero-order valence-electron chi connectivity index (χ0n) is 12.9. The van der Waals surface area contributed by atoms with E-state index in [1.54, 1.807) is 7.11 Å². The minimum atomic E-state index is 0.453. The minimum Gasteiger partial charge on any atom is -0.493 e. The summed E-state index contributed by atoms with van der Waals surface area (Å²) in [5.41, 5.74) is 7.77. The van der Waals surface area contributed by atoms with Crippen LogP contribution in [0.1, 0.15) is 30.3 Å². The van der Waals surface area contributed by atoms with E-state index in [0.29, 0.717) is 29.0 Å². The van der Waals surface area contributed by atoms with E-state index in [0.717, 1.165) is 24.0 Å². The fourth-order valence-corrected chi connectivity index (χ4v) is 1.96. The Labute approximate surface area is 125 Å². The number of rotatable bonds is 5. The number of benzene rings is 1. The number of hydrogen-bond acceptors (Lipinski definition) is 5. The summed E-state index contributed by atoms with van der Waals surface area (Å²) < 4.78 is 11.2. The van der Waals surface area contributed by atoms with Crippen molar-refractivity contribution >= 4 is 5.82 Å². The summed E-state index contributed by atoms with van der Waals surface area (Å²) in [6, 6.07) is 5.75. The predicted octanol–water partition coefficient (Wildman–Crippen LogP) is 3.43. The summed E-state index contributed by atoms with van der Waals surface area (Å²) >= 11 is 0. The summed E-state index contributed by atoms with van der Waals surface area (Å²) in [5, 5.41) is 0. The maximum atomic E-state index is 5.94. The van der Waals surface area contributed by atoms with E-state index in [1.165, 1.54) is 0 Å². The molecule has 112 valence electrons. The number of aromatic nitrogens is 2. The Bertz CT molecular complexity index is 642. The molecule has 5 heteroatoms. The highest BCUT2D eigenvalue weighted by Gasteiger charge is 2.13. The van der Waals surface area contributed by atoms with E-state index in [-0.39, 0.29) is 0 Å². The van der Waals surface area contributed by atoms with Gasteiger partial charge in [0.25, 0.3) is 0 Å². The van der Waals surface area contributed by atoms with Crippen molar-refractivity contribution in [3.63, 3.8) is 0 Å². The number of ether oxygens (including phenoxy) is 2. The van der Waals surface area contributed by atoms with Crippen LogP contribution < -0.4 is 15.2 Å². The highest BCUT2D eigenvalue weighted by Crippen LogP contribution is 2.33. The van der Waals surface area contributed by atoms with Crippen LogP contribution in [0.4, 0.5) is 5.82 Å². The third kappa shape index (κ3) is 3.42. The molecule has 0 saturated heterocycles. The van der Waals surface area contributed by atoms with Gasteiger partial charge in [0.15, 0.2) is 11.5 Å². The van der Waals surface area contributed by atoms with Gasteiger partial charge in [-0.25, -0.2) is 4.98 Å². The van der Waals surface area contributed by atoms with Crippen LogP contribution in [0.15, 0.2) is 18.2 Å². The molecule has 0 fully saturated rings. The maximum absolute atomic E-state index is 5.94. The van der Waals surface area contributed by atoms with Crippen LogP contribution in [0.2, 0.25) is 0 Å². The first-order valence-electron chi connectivity index (χ1n) is 7.00. The molecule has 2 rings (SSSR count). The molecule has 1 heterocycles. The molecular weight excluding hydrogens is 266 g/mol. The Balaban J connectivity index is 2.39. The largest absolute Gasteiger partial charge is 0.493 e. The predicted molar refractivity (Wildman–Crippen MR) is 83.0 cm³/mol. The van der Waals surface area contributed by atoms with Gasteiger partial charge in [-0.2, -0.15) is 4.98 Å². The van der Waals surface area contributed by atoms with E-state index in [1.807, 2.05) is 32.0 Å². The first kappa shape index (κ1) is 15.1.